The predicted molar refractivity (Wildman–Crippen MR) is 98.1 cm³/mol. The summed E-state index contributed by atoms with van der Waals surface area (Å²) in [6.45, 7) is 2.03. The highest BCUT2D eigenvalue weighted by molar-refractivity contribution is 6.04. The molecule has 4 rings (SSSR count). The molecular formula is C21H18N2O3. The van der Waals surface area contributed by atoms with Crippen molar-refractivity contribution in [3.8, 4) is 5.75 Å². The van der Waals surface area contributed by atoms with Crippen LogP contribution in [0.25, 0.3) is 0 Å². The maximum atomic E-state index is 12.9. The Balaban J connectivity index is 1.75. The third-order valence-electron chi connectivity index (χ3n) is 4.53. The van der Waals surface area contributed by atoms with E-state index in [1.54, 1.807) is 24.3 Å². The average molecular weight is 346 g/mol. The van der Waals surface area contributed by atoms with Crippen LogP contribution in [-0.2, 0) is 0 Å². The van der Waals surface area contributed by atoms with Crippen LogP contribution in [0.3, 0.4) is 0 Å². The van der Waals surface area contributed by atoms with E-state index in [0.29, 0.717) is 12.0 Å². The Bertz CT molecular complexity index is 959. The van der Waals surface area contributed by atoms with E-state index in [1.165, 1.54) is 11.3 Å². The lowest BCUT2D eigenvalue weighted by Crippen LogP contribution is -2.26. The number of phenols is 1. The summed E-state index contributed by atoms with van der Waals surface area (Å²) in [4.78, 5) is 12.9. The monoisotopic (exact) mass is 346 g/mol. The Kier molecular flexibility index (Phi) is 4.05. The van der Waals surface area contributed by atoms with Crippen molar-refractivity contribution in [1.29, 1.82) is 0 Å². The number of hydrogen-bond donors (Lipinski definition) is 1. The third kappa shape index (κ3) is 2.88. The summed E-state index contributed by atoms with van der Waals surface area (Å²) in [6.07, 6.45) is 1.98. The van der Waals surface area contributed by atoms with Gasteiger partial charge in [0.25, 0.3) is 0 Å². The van der Waals surface area contributed by atoms with Gasteiger partial charge in [0.15, 0.2) is 5.76 Å². The molecule has 5 nitrogen and oxygen atoms in total. The van der Waals surface area contributed by atoms with E-state index in [4.69, 9.17) is 4.42 Å². The van der Waals surface area contributed by atoms with Crippen molar-refractivity contribution < 1.29 is 14.3 Å². The number of carbonyl (C=O) groups is 1. The summed E-state index contributed by atoms with van der Waals surface area (Å²) in [5, 5.41) is 16.3. The smallest absolute Gasteiger partial charge is 0.310 e. The number of amides is 1. The molecule has 0 spiro atoms. The lowest BCUT2D eigenvalue weighted by Gasteiger charge is -2.21. The van der Waals surface area contributed by atoms with Gasteiger partial charge in [-0.25, -0.2) is 5.01 Å². The molecule has 0 radical (unpaired) electrons. The quantitative estimate of drug-likeness (QED) is 0.769. The van der Waals surface area contributed by atoms with Crippen LogP contribution in [-0.4, -0.2) is 21.7 Å². The fraction of sp³-hybridized carbons (Fsp3) is 0.143. The number of para-hydroxylation sites is 1. The van der Waals surface area contributed by atoms with E-state index < -0.39 is 0 Å². The molecule has 5 heteroatoms. The van der Waals surface area contributed by atoms with Crippen LogP contribution in [0.15, 0.2) is 76.4 Å². The van der Waals surface area contributed by atoms with E-state index >= 15 is 0 Å². The third-order valence-corrected chi connectivity index (χ3v) is 4.53. The summed E-state index contributed by atoms with van der Waals surface area (Å²) in [5.74, 6) is 0.0415. The molecule has 1 aliphatic rings. The van der Waals surface area contributed by atoms with E-state index in [0.717, 1.165) is 16.8 Å². The van der Waals surface area contributed by atoms with Gasteiger partial charge < -0.3 is 9.52 Å². The van der Waals surface area contributed by atoms with Gasteiger partial charge in [0.1, 0.15) is 5.75 Å². The lowest BCUT2D eigenvalue weighted by molar-refractivity contribution is 0.0677. The van der Waals surface area contributed by atoms with Crippen molar-refractivity contribution in [2.45, 2.75) is 19.4 Å². The van der Waals surface area contributed by atoms with Crippen LogP contribution < -0.4 is 0 Å². The van der Waals surface area contributed by atoms with Crippen molar-refractivity contribution in [1.82, 2.24) is 5.01 Å². The number of hydrazone groups is 1. The zero-order valence-corrected chi connectivity index (χ0v) is 14.3. The first kappa shape index (κ1) is 16.1. The van der Waals surface area contributed by atoms with E-state index in [1.807, 2.05) is 43.3 Å². The second-order valence-corrected chi connectivity index (χ2v) is 6.32. The number of hydrogen-bond acceptors (Lipinski definition) is 4. The Hall–Kier alpha value is -3.34. The van der Waals surface area contributed by atoms with Gasteiger partial charge in [-0.15, -0.1) is 0 Å². The molecule has 0 saturated carbocycles. The molecule has 1 aromatic heterocycles. The number of aryl methyl sites for hydroxylation is 1. The van der Waals surface area contributed by atoms with Gasteiger partial charge in [-0.1, -0.05) is 48.0 Å². The van der Waals surface area contributed by atoms with E-state index in [-0.39, 0.29) is 23.5 Å². The van der Waals surface area contributed by atoms with Gasteiger partial charge in [0.2, 0.25) is 0 Å². The molecular weight excluding hydrogens is 328 g/mol. The lowest BCUT2D eigenvalue weighted by atomic mass is 9.97. The van der Waals surface area contributed by atoms with E-state index in [2.05, 4.69) is 5.10 Å². The molecule has 1 amide bonds. The van der Waals surface area contributed by atoms with Gasteiger partial charge >= 0.3 is 5.91 Å². The standard InChI is InChI=1S/C21H18N2O3/c1-14-8-10-15(11-9-14)17-13-18(16-5-2-3-6-19(16)24)23(22-17)21(25)20-7-4-12-26-20/h2-12,18,24H,13H2,1H3/t18-/m0/s1. The SMILES string of the molecule is Cc1ccc(C2=NN(C(=O)c3ccco3)[C@H](c3ccccc3O)C2)cc1. The van der Waals surface area contributed by atoms with Gasteiger partial charge in [-0.05, 0) is 30.7 Å². The first-order valence-electron chi connectivity index (χ1n) is 8.43. The predicted octanol–water partition coefficient (Wildman–Crippen LogP) is 4.29. The van der Waals surface area contributed by atoms with Crippen LogP contribution >= 0.6 is 0 Å². The number of furan rings is 1. The Morgan fingerprint density at radius 1 is 1.12 bits per heavy atom. The molecule has 3 aromatic rings. The van der Waals surface area contributed by atoms with Gasteiger partial charge in [-0.2, -0.15) is 5.10 Å². The molecule has 1 atom stereocenters. The summed E-state index contributed by atoms with van der Waals surface area (Å²) >= 11 is 0. The molecule has 0 aliphatic carbocycles. The second kappa shape index (κ2) is 6.52. The fourth-order valence-electron chi connectivity index (χ4n) is 3.14. The average Bonchev–Trinajstić information content (AvgIpc) is 3.32. The van der Waals surface area contributed by atoms with Gasteiger partial charge in [-0.3, -0.25) is 4.79 Å². The van der Waals surface area contributed by atoms with Gasteiger partial charge in [0.05, 0.1) is 18.0 Å². The normalized spacial score (nSPS) is 16.6. The van der Waals surface area contributed by atoms with Gasteiger partial charge in [0, 0.05) is 12.0 Å². The first-order valence-corrected chi connectivity index (χ1v) is 8.43. The van der Waals surface area contributed by atoms with Crippen LogP contribution in [0.1, 0.15) is 39.7 Å². The molecule has 1 aliphatic heterocycles. The number of nitrogens with zero attached hydrogens (tertiary/aromatic N) is 2. The summed E-state index contributed by atoms with van der Waals surface area (Å²) < 4.78 is 5.26. The van der Waals surface area contributed by atoms with E-state index in [9.17, 15) is 9.90 Å². The van der Waals surface area contributed by atoms with Crippen molar-refractivity contribution in [3.63, 3.8) is 0 Å². The Morgan fingerprint density at radius 3 is 2.58 bits per heavy atom. The van der Waals surface area contributed by atoms with Crippen molar-refractivity contribution >= 4 is 11.6 Å². The minimum Gasteiger partial charge on any atom is -0.508 e. The topological polar surface area (TPSA) is 66.0 Å². The zero-order chi connectivity index (χ0) is 18.1. The molecule has 1 N–H and O–H groups in total. The molecule has 0 unspecified atom stereocenters. The number of phenolic OH excluding ortho intramolecular Hbond substituents is 1. The Labute approximate surface area is 151 Å². The summed E-state index contributed by atoms with van der Waals surface area (Å²) in [6, 6.07) is 18.0. The minimum atomic E-state index is -0.384. The number of rotatable bonds is 3. The fourth-order valence-corrected chi connectivity index (χ4v) is 3.14. The van der Waals surface area contributed by atoms with Crippen LogP contribution in [0.5, 0.6) is 5.75 Å². The molecule has 0 fully saturated rings. The van der Waals surface area contributed by atoms with Crippen molar-refractivity contribution in [2.75, 3.05) is 0 Å². The van der Waals surface area contributed by atoms with Crippen LogP contribution in [0.2, 0.25) is 0 Å². The zero-order valence-electron chi connectivity index (χ0n) is 14.3. The molecule has 0 bridgehead atoms. The second-order valence-electron chi connectivity index (χ2n) is 6.32. The maximum absolute atomic E-state index is 12.9. The highest BCUT2D eigenvalue weighted by Gasteiger charge is 2.35. The minimum absolute atomic E-state index is 0.148. The van der Waals surface area contributed by atoms with Crippen molar-refractivity contribution in [2.24, 2.45) is 5.10 Å². The largest absolute Gasteiger partial charge is 0.508 e. The molecule has 2 aromatic carbocycles. The number of carbonyl (C=O) groups excluding carboxylic acids is 1. The van der Waals surface area contributed by atoms with Crippen molar-refractivity contribution in [3.05, 3.63) is 89.4 Å². The highest BCUT2D eigenvalue weighted by atomic mass is 16.3. The van der Waals surface area contributed by atoms with Crippen LogP contribution in [0.4, 0.5) is 0 Å². The maximum Gasteiger partial charge on any atom is 0.310 e. The molecule has 2 heterocycles. The molecule has 0 saturated heterocycles. The summed E-state index contributed by atoms with van der Waals surface area (Å²) in [7, 11) is 0. The van der Waals surface area contributed by atoms with Crippen LogP contribution in [0, 0.1) is 6.92 Å². The first-order chi connectivity index (χ1) is 12.6. The highest BCUT2D eigenvalue weighted by Crippen LogP contribution is 2.37. The number of aromatic hydroxyl groups is 1. The Morgan fingerprint density at radius 2 is 1.88 bits per heavy atom. The molecule has 26 heavy (non-hydrogen) atoms. The summed E-state index contributed by atoms with van der Waals surface area (Å²) in [5.41, 5.74) is 3.59. The number of benzene rings is 2. The molecule has 130 valence electrons.